The minimum atomic E-state index is -0.183. The molecule has 0 radical (unpaired) electrons. The van der Waals surface area contributed by atoms with Crippen molar-refractivity contribution in [2.45, 2.75) is 13.3 Å². The number of carbonyl (C=O) groups is 3. The van der Waals surface area contributed by atoms with Crippen LogP contribution in [-0.2, 0) is 14.4 Å². The van der Waals surface area contributed by atoms with Gasteiger partial charge in [-0.1, -0.05) is 12.2 Å². The summed E-state index contributed by atoms with van der Waals surface area (Å²) in [7, 11) is 0. The molecule has 112 valence electrons. The van der Waals surface area contributed by atoms with Crippen LogP contribution in [0.4, 0.5) is 11.4 Å². The van der Waals surface area contributed by atoms with E-state index in [1.807, 2.05) is 0 Å². The number of nitrogens with one attached hydrogen (secondary N) is 1. The van der Waals surface area contributed by atoms with Crippen LogP contribution in [0.3, 0.4) is 0 Å². The van der Waals surface area contributed by atoms with Gasteiger partial charge in [0.1, 0.15) is 0 Å². The van der Waals surface area contributed by atoms with Crippen molar-refractivity contribution in [1.82, 2.24) is 0 Å². The number of imide groups is 1. The average Bonchev–Trinajstić information content (AvgIpc) is 3.14. The largest absolute Gasteiger partial charge is 0.326 e. The van der Waals surface area contributed by atoms with E-state index in [2.05, 4.69) is 17.5 Å². The van der Waals surface area contributed by atoms with Gasteiger partial charge in [0.2, 0.25) is 17.7 Å². The van der Waals surface area contributed by atoms with Crippen molar-refractivity contribution in [2.75, 3.05) is 10.2 Å². The molecule has 3 aliphatic rings. The lowest BCUT2D eigenvalue weighted by atomic mass is 9.85. The zero-order chi connectivity index (χ0) is 15.4. The molecule has 5 nitrogen and oxygen atoms in total. The lowest BCUT2D eigenvalue weighted by Crippen LogP contribution is -2.32. The fraction of sp³-hybridized carbons (Fsp3) is 0.353. The van der Waals surface area contributed by atoms with Crippen LogP contribution in [0.25, 0.3) is 0 Å². The summed E-state index contributed by atoms with van der Waals surface area (Å²) in [6.07, 6.45) is 5.10. The number of hydrogen-bond acceptors (Lipinski definition) is 3. The van der Waals surface area contributed by atoms with E-state index in [-0.39, 0.29) is 41.4 Å². The van der Waals surface area contributed by atoms with E-state index < -0.39 is 0 Å². The van der Waals surface area contributed by atoms with Crippen LogP contribution < -0.4 is 10.2 Å². The van der Waals surface area contributed by atoms with Gasteiger partial charge >= 0.3 is 0 Å². The first kappa shape index (κ1) is 13.2. The molecule has 0 unspecified atom stereocenters. The molecular weight excluding hydrogens is 280 g/mol. The Balaban J connectivity index is 1.62. The van der Waals surface area contributed by atoms with Crippen LogP contribution in [0.15, 0.2) is 36.4 Å². The first-order chi connectivity index (χ1) is 10.6. The van der Waals surface area contributed by atoms with Gasteiger partial charge in [0, 0.05) is 12.6 Å². The minimum Gasteiger partial charge on any atom is -0.326 e. The average molecular weight is 296 g/mol. The summed E-state index contributed by atoms with van der Waals surface area (Å²) in [6.45, 7) is 1.44. The van der Waals surface area contributed by atoms with Gasteiger partial charge in [-0.15, -0.1) is 0 Å². The van der Waals surface area contributed by atoms with E-state index >= 15 is 0 Å². The van der Waals surface area contributed by atoms with Crippen molar-refractivity contribution >= 4 is 29.1 Å². The number of nitrogens with zero attached hydrogens (tertiary/aromatic N) is 1. The molecule has 1 heterocycles. The second-order valence-electron chi connectivity index (χ2n) is 6.24. The zero-order valence-corrected chi connectivity index (χ0v) is 12.2. The first-order valence-electron chi connectivity index (χ1n) is 7.50. The molecule has 1 saturated heterocycles. The summed E-state index contributed by atoms with van der Waals surface area (Å²) < 4.78 is 0. The van der Waals surface area contributed by atoms with Gasteiger partial charge in [0.15, 0.2) is 0 Å². The van der Waals surface area contributed by atoms with Crippen molar-refractivity contribution in [3.05, 3.63) is 36.4 Å². The number of hydrogen-bond donors (Lipinski definition) is 1. The molecule has 3 amide bonds. The zero-order valence-electron chi connectivity index (χ0n) is 12.2. The summed E-state index contributed by atoms with van der Waals surface area (Å²) in [4.78, 5) is 37.7. The topological polar surface area (TPSA) is 66.5 Å². The Morgan fingerprint density at radius 1 is 1.05 bits per heavy atom. The van der Waals surface area contributed by atoms with Gasteiger partial charge in [0.25, 0.3) is 0 Å². The summed E-state index contributed by atoms with van der Waals surface area (Å²) in [5.74, 6) is -0.253. The van der Waals surface area contributed by atoms with E-state index in [1.54, 1.807) is 24.3 Å². The molecule has 1 aliphatic heterocycles. The van der Waals surface area contributed by atoms with Gasteiger partial charge < -0.3 is 5.32 Å². The van der Waals surface area contributed by atoms with Crippen LogP contribution in [0.2, 0.25) is 0 Å². The number of benzene rings is 1. The molecule has 2 bridgehead atoms. The monoisotopic (exact) mass is 296 g/mol. The predicted molar refractivity (Wildman–Crippen MR) is 81.0 cm³/mol. The molecule has 4 rings (SSSR count). The number of carbonyl (C=O) groups excluding carboxylic acids is 3. The predicted octanol–water partition coefficient (Wildman–Crippen LogP) is 1.96. The Morgan fingerprint density at radius 3 is 2.09 bits per heavy atom. The second-order valence-corrected chi connectivity index (χ2v) is 6.24. The smallest absolute Gasteiger partial charge is 0.238 e. The van der Waals surface area contributed by atoms with Gasteiger partial charge in [0.05, 0.1) is 17.5 Å². The standard InChI is InChI=1S/C17H16N2O3/c1-9(20)18-12-4-6-13(7-5-12)19-16(21)14-10-2-3-11(8-10)15(14)17(19)22/h2-7,10-11,14-15H,8H2,1H3,(H,18,20)/t10-,11-,14+,15+/m1/s1. The molecule has 5 heteroatoms. The molecule has 1 N–H and O–H groups in total. The van der Waals surface area contributed by atoms with Gasteiger partial charge in [-0.2, -0.15) is 0 Å². The van der Waals surface area contributed by atoms with Crippen molar-refractivity contribution in [1.29, 1.82) is 0 Å². The Bertz CT molecular complexity index is 677. The number of rotatable bonds is 2. The molecule has 4 atom stereocenters. The summed E-state index contributed by atoms with van der Waals surface area (Å²) in [5.41, 5.74) is 1.23. The molecule has 2 fully saturated rings. The third-order valence-electron chi connectivity index (χ3n) is 4.92. The van der Waals surface area contributed by atoms with E-state index in [0.29, 0.717) is 11.4 Å². The Labute approximate surface area is 128 Å². The number of anilines is 2. The van der Waals surface area contributed by atoms with E-state index in [0.717, 1.165) is 6.42 Å². The molecule has 0 spiro atoms. The molecule has 1 aromatic rings. The van der Waals surface area contributed by atoms with E-state index in [9.17, 15) is 14.4 Å². The summed E-state index contributed by atoms with van der Waals surface area (Å²) in [6, 6.07) is 6.82. The first-order valence-corrected chi connectivity index (χ1v) is 7.50. The summed E-state index contributed by atoms with van der Waals surface area (Å²) in [5, 5.41) is 2.67. The van der Waals surface area contributed by atoms with Crippen LogP contribution in [0, 0.1) is 23.7 Å². The van der Waals surface area contributed by atoms with Gasteiger partial charge in [-0.05, 0) is 42.5 Å². The highest BCUT2D eigenvalue weighted by Crippen LogP contribution is 2.53. The summed E-state index contributed by atoms with van der Waals surface area (Å²) >= 11 is 0. The highest BCUT2D eigenvalue weighted by molar-refractivity contribution is 6.22. The molecular formula is C17H16N2O3. The molecule has 22 heavy (non-hydrogen) atoms. The van der Waals surface area contributed by atoms with Crippen molar-refractivity contribution in [3.8, 4) is 0 Å². The second kappa shape index (κ2) is 4.53. The number of allylic oxidation sites excluding steroid dienone is 2. The highest BCUT2D eigenvalue weighted by Gasteiger charge is 2.59. The Morgan fingerprint density at radius 2 is 1.59 bits per heavy atom. The SMILES string of the molecule is CC(=O)Nc1ccc(N2C(=O)[C@@H]3[C@@H](C2=O)[C@@H]2C=C[C@@H]3C2)cc1. The van der Waals surface area contributed by atoms with Crippen molar-refractivity contribution in [3.63, 3.8) is 0 Å². The Hall–Kier alpha value is -2.43. The quantitative estimate of drug-likeness (QED) is 0.670. The third-order valence-corrected chi connectivity index (χ3v) is 4.92. The highest BCUT2D eigenvalue weighted by atomic mass is 16.2. The normalized spacial score (nSPS) is 31.8. The van der Waals surface area contributed by atoms with Crippen LogP contribution in [-0.4, -0.2) is 17.7 Å². The molecule has 1 saturated carbocycles. The lowest BCUT2D eigenvalue weighted by Gasteiger charge is -2.17. The fourth-order valence-corrected chi connectivity index (χ4v) is 4.05. The van der Waals surface area contributed by atoms with Gasteiger partial charge in [-0.3, -0.25) is 19.3 Å². The third kappa shape index (κ3) is 1.75. The lowest BCUT2D eigenvalue weighted by molar-refractivity contribution is -0.123. The fourth-order valence-electron chi connectivity index (χ4n) is 4.05. The molecule has 0 aromatic heterocycles. The number of amides is 3. The van der Waals surface area contributed by atoms with Crippen molar-refractivity contribution in [2.24, 2.45) is 23.7 Å². The maximum absolute atomic E-state index is 12.7. The molecule has 1 aromatic carbocycles. The maximum atomic E-state index is 12.7. The number of fused-ring (bicyclic) bond motifs is 5. The van der Waals surface area contributed by atoms with Crippen LogP contribution in [0.1, 0.15) is 13.3 Å². The van der Waals surface area contributed by atoms with Crippen molar-refractivity contribution < 1.29 is 14.4 Å². The van der Waals surface area contributed by atoms with Crippen LogP contribution >= 0.6 is 0 Å². The minimum absolute atomic E-state index is 0.0841. The van der Waals surface area contributed by atoms with E-state index in [4.69, 9.17) is 0 Å². The van der Waals surface area contributed by atoms with Gasteiger partial charge in [-0.25, -0.2) is 0 Å². The molecule has 2 aliphatic carbocycles. The van der Waals surface area contributed by atoms with E-state index in [1.165, 1.54) is 11.8 Å². The Kier molecular flexibility index (Phi) is 2.73. The van der Waals surface area contributed by atoms with Crippen LogP contribution in [0.5, 0.6) is 0 Å². The maximum Gasteiger partial charge on any atom is 0.238 e.